The molecule has 2 atom stereocenters. The van der Waals surface area contributed by atoms with E-state index in [4.69, 9.17) is 0 Å². The third-order valence-corrected chi connectivity index (χ3v) is 9.68. The molecular weight excluding hydrogens is 565 g/mol. The molecule has 2 amide bonds. The van der Waals surface area contributed by atoms with Crippen LogP contribution in [0.25, 0.3) is 0 Å². The van der Waals surface area contributed by atoms with Crippen molar-refractivity contribution in [3.05, 3.63) is 110 Å². The molecule has 2 saturated heterocycles. The second kappa shape index (κ2) is 11.3. The first-order valence-corrected chi connectivity index (χ1v) is 15.5. The first-order chi connectivity index (χ1) is 20.9. The number of thiophene rings is 1. The van der Waals surface area contributed by atoms with Crippen molar-refractivity contribution in [3.63, 3.8) is 0 Å². The number of aromatic nitrogens is 1. The molecule has 10 heteroatoms. The zero-order chi connectivity index (χ0) is 29.5. The number of pyridine rings is 1. The van der Waals surface area contributed by atoms with E-state index in [1.807, 2.05) is 45.2 Å². The Morgan fingerprint density at radius 1 is 0.860 bits per heavy atom. The third-order valence-electron chi connectivity index (χ3n) is 8.82. The van der Waals surface area contributed by atoms with Crippen molar-refractivity contribution >= 4 is 40.2 Å². The van der Waals surface area contributed by atoms with Gasteiger partial charge >= 0.3 is 0 Å². The van der Waals surface area contributed by atoms with Gasteiger partial charge in [0.05, 0.1) is 16.3 Å². The highest BCUT2D eigenvalue weighted by atomic mass is 32.1. The fraction of sp³-hybridized carbons (Fsp3) is 0.303. The molecule has 2 aromatic heterocycles. The van der Waals surface area contributed by atoms with Crippen LogP contribution in [0.5, 0.6) is 0 Å². The summed E-state index contributed by atoms with van der Waals surface area (Å²) in [7, 11) is 0. The molecule has 0 radical (unpaired) electrons. The molecule has 7 rings (SSSR count). The van der Waals surface area contributed by atoms with Gasteiger partial charge in [-0.3, -0.25) is 14.4 Å². The van der Waals surface area contributed by atoms with Gasteiger partial charge in [-0.15, -0.1) is 11.3 Å². The maximum Gasteiger partial charge on any atom is 0.265 e. The molecule has 0 aliphatic carbocycles. The molecule has 4 aromatic rings. The minimum absolute atomic E-state index is 0.0471. The number of anilines is 3. The Balaban J connectivity index is 1.14. The van der Waals surface area contributed by atoms with Gasteiger partial charge in [-0.25, -0.2) is 4.39 Å². The summed E-state index contributed by atoms with van der Waals surface area (Å²) >= 11 is 1.37. The molecule has 2 unspecified atom stereocenters. The van der Waals surface area contributed by atoms with Crippen LogP contribution in [-0.2, 0) is 6.54 Å². The number of rotatable bonds is 5. The van der Waals surface area contributed by atoms with Gasteiger partial charge in [0.1, 0.15) is 5.82 Å². The monoisotopic (exact) mass is 597 g/mol. The van der Waals surface area contributed by atoms with E-state index in [2.05, 4.69) is 15.1 Å². The van der Waals surface area contributed by atoms with Gasteiger partial charge in [0.25, 0.3) is 17.4 Å². The van der Waals surface area contributed by atoms with Crippen molar-refractivity contribution in [3.8, 4) is 0 Å². The van der Waals surface area contributed by atoms with Gasteiger partial charge < -0.3 is 24.6 Å². The van der Waals surface area contributed by atoms with Gasteiger partial charge in [0, 0.05) is 74.7 Å². The first kappa shape index (κ1) is 27.4. The number of halogens is 1. The summed E-state index contributed by atoms with van der Waals surface area (Å²) in [6.45, 7) is 4.56. The summed E-state index contributed by atoms with van der Waals surface area (Å²) in [5.74, 6) is -0.0356. The fourth-order valence-electron chi connectivity index (χ4n) is 6.73. The van der Waals surface area contributed by atoms with Crippen LogP contribution in [0.15, 0.2) is 83.0 Å². The molecule has 3 aliphatic heterocycles. The molecule has 43 heavy (non-hydrogen) atoms. The predicted octanol–water partition coefficient (Wildman–Crippen LogP) is 4.89. The number of hydrogen-bond donors (Lipinski definition) is 1. The largest absolute Gasteiger partial charge is 0.369 e. The van der Waals surface area contributed by atoms with E-state index in [0.717, 1.165) is 36.6 Å². The summed E-state index contributed by atoms with van der Waals surface area (Å²) in [5.41, 5.74) is 4.06. The normalized spacial score (nSPS) is 19.6. The van der Waals surface area contributed by atoms with E-state index in [9.17, 15) is 18.8 Å². The second-order valence-electron chi connectivity index (χ2n) is 11.5. The standard InChI is InChI=1S/C33H32FN5O3S/c34-25-7-9-26(10-8-25)36-12-14-37(15-13-36)33(42)23-6-11-29(27(18-23)35-32(41)30-4-2-16-43-30)38-19-22-17-24(21-38)28-3-1-5-31(40)39(28)20-22/h1-11,16,18,22,24H,12-15,17,19-21H2,(H,35,41). The quantitative estimate of drug-likeness (QED) is 0.355. The molecule has 2 bridgehead atoms. The summed E-state index contributed by atoms with van der Waals surface area (Å²) in [6.07, 6.45) is 1.03. The highest BCUT2D eigenvalue weighted by Gasteiger charge is 2.35. The lowest BCUT2D eigenvalue weighted by atomic mass is 9.83. The minimum atomic E-state index is -0.268. The Kier molecular flexibility index (Phi) is 7.22. The number of fused-ring (bicyclic) bond motifs is 4. The van der Waals surface area contributed by atoms with E-state index in [1.54, 1.807) is 30.3 Å². The Morgan fingerprint density at radius 2 is 1.67 bits per heavy atom. The highest BCUT2D eigenvalue weighted by Crippen LogP contribution is 2.39. The van der Waals surface area contributed by atoms with E-state index < -0.39 is 0 Å². The van der Waals surface area contributed by atoms with E-state index in [0.29, 0.717) is 54.8 Å². The first-order valence-electron chi connectivity index (χ1n) is 14.7. The van der Waals surface area contributed by atoms with Crippen LogP contribution in [0.2, 0.25) is 0 Å². The number of carbonyl (C=O) groups excluding carboxylic acids is 2. The summed E-state index contributed by atoms with van der Waals surface area (Å²) in [6, 6.07) is 21.2. The van der Waals surface area contributed by atoms with Crippen LogP contribution in [0.4, 0.5) is 21.5 Å². The Labute approximate surface area is 253 Å². The van der Waals surface area contributed by atoms with E-state index >= 15 is 0 Å². The fourth-order valence-corrected chi connectivity index (χ4v) is 7.35. The molecule has 1 N–H and O–H groups in total. The summed E-state index contributed by atoms with van der Waals surface area (Å²) in [5, 5.41) is 4.97. The Morgan fingerprint density at radius 3 is 2.44 bits per heavy atom. The van der Waals surface area contributed by atoms with Crippen LogP contribution in [0.1, 0.15) is 38.1 Å². The smallest absolute Gasteiger partial charge is 0.265 e. The molecule has 0 spiro atoms. The molecule has 2 fully saturated rings. The molecular formula is C33H32FN5O3S. The lowest BCUT2D eigenvalue weighted by Crippen LogP contribution is -2.49. The zero-order valence-corrected chi connectivity index (χ0v) is 24.4. The van der Waals surface area contributed by atoms with Crippen LogP contribution in [0.3, 0.4) is 0 Å². The van der Waals surface area contributed by atoms with Crippen LogP contribution in [-0.4, -0.2) is 60.5 Å². The molecule has 8 nitrogen and oxygen atoms in total. The van der Waals surface area contributed by atoms with Gasteiger partial charge in [-0.2, -0.15) is 0 Å². The topological polar surface area (TPSA) is 77.9 Å². The van der Waals surface area contributed by atoms with Crippen LogP contribution >= 0.6 is 11.3 Å². The second-order valence-corrected chi connectivity index (χ2v) is 12.5. The molecule has 3 aliphatic rings. The molecule has 2 aromatic carbocycles. The lowest BCUT2D eigenvalue weighted by molar-refractivity contribution is 0.0746. The summed E-state index contributed by atoms with van der Waals surface area (Å²) < 4.78 is 15.3. The van der Waals surface area contributed by atoms with Gasteiger partial charge in [-0.1, -0.05) is 12.1 Å². The van der Waals surface area contributed by atoms with Crippen molar-refractivity contribution in [2.75, 3.05) is 54.4 Å². The van der Waals surface area contributed by atoms with Crippen molar-refractivity contribution in [2.24, 2.45) is 5.92 Å². The number of benzene rings is 2. The molecule has 220 valence electrons. The van der Waals surface area contributed by atoms with E-state index in [1.165, 1.54) is 23.5 Å². The van der Waals surface area contributed by atoms with Gasteiger partial charge in [0.15, 0.2) is 0 Å². The number of nitrogens with one attached hydrogen (secondary N) is 1. The Hall–Kier alpha value is -4.44. The average Bonchev–Trinajstić information content (AvgIpc) is 3.57. The average molecular weight is 598 g/mol. The van der Waals surface area contributed by atoms with Gasteiger partial charge in [0.2, 0.25) is 0 Å². The predicted molar refractivity (Wildman–Crippen MR) is 167 cm³/mol. The van der Waals surface area contributed by atoms with Crippen LogP contribution in [0, 0.1) is 11.7 Å². The minimum Gasteiger partial charge on any atom is -0.369 e. The maximum absolute atomic E-state index is 13.7. The Bertz CT molecular complexity index is 1710. The van der Waals surface area contributed by atoms with Crippen molar-refractivity contribution in [1.82, 2.24) is 9.47 Å². The van der Waals surface area contributed by atoms with Crippen molar-refractivity contribution in [2.45, 2.75) is 18.9 Å². The lowest BCUT2D eigenvalue weighted by Gasteiger charge is -2.44. The molecule has 0 saturated carbocycles. The van der Waals surface area contributed by atoms with Crippen molar-refractivity contribution in [1.29, 1.82) is 0 Å². The van der Waals surface area contributed by atoms with Gasteiger partial charge in [-0.05, 0) is 72.3 Å². The van der Waals surface area contributed by atoms with Crippen molar-refractivity contribution < 1.29 is 14.0 Å². The highest BCUT2D eigenvalue weighted by molar-refractivity contribution is 7.12. The number of hydrogen-bond acceptors (Lipinski definition) is 6. The van der Waals surface area contributed by atoms with Crippen LogP contribution < -0.4 is 20.7 Å². The number of piperazine rings is 1. The SMILES string of the molecule is O=C(Nc1cc(C(=O)N2CCN(c3ccc(F)cc3)CC2)ccc1N1CC2CC(C1)c1cccc(=O)n1C2)c1cccs1. The van der Waals surface area contributed by atoms with E-state index in [-0.39, 0.29) is 29.1 Å². The summed E-state index contributed by atoms with van der Waals surface area (Å²) in [4.78, 5) is 46.3. The number of piperidine rings is 1. The molecule has 5 heterocycles. The number of amides is 2. The third kappa shape index (κ3) is 5.43. The number of carbonyl (C=O) groups is 2. The maximum atomic E-state index is 13.7. The zero-order valence-electron chi connectivity index (χ0n) is 23.6. The number of nitrogens with zero attached hydrogens (tertiary/aromatic N) is 4.